The highest BCUT2D eigenvalue weighted by molar-refractivity contribution is 5.93. The highest BCUT2D eigenvalue weighted by Gasteiger charge is 2.66. The average molecular weight is 497 g/mol. The molecule has 2 aliphatic carbocycles. The van der Waals surface area contributed by atoms with Crippen LogP contribution in [0.3, 0.4) is 0 Å². The van der Waals surface area contributed by atoms with E-state index in [4.69, 9.17) is 14.2 Å². The van der Waals surface area contributed by atoms with E-state index in [1.54, 1.807) is 6.08 Å². The first-order valence-corrected chi connectivity index (χ1v) is 13.0. The van der Waals surface area contributed by atoms with Gasteiger partial charge in [-0.2, -0.15) is 0 Å². The van der Waals surface area contributed by atoms with Crippen LogP contribution in [0.2, 0.25) is 0 Å². The summed E-state index contributed by atoms with van der Waals surface area (Å²) < 4.78 is 16.9. The van der Waals surface area contributed by atoms with Gasteiger partial charge in [0.15, 0.2) is 6.10 Å². The molecule has 0 aromatic heterocycles. The Bertz CT molecular complexity index is 1060. The molecule has 2 saturated carbocycles. The number of esters is 2. The van der Waals surface area contributed by atoms with Crippen molar-refractivity contribution in [3.8, 4) is 0 Å². The minimum Gasteiger partial charge on any atom is -0.458 e. The molecule has 2 heterocycles. The highest BCUT2D eigenvalue weighted by Crippen LogP contribution is 2.66. The van der Waals surface area contributed by atoms with E-state index in [-0.39, 0.29) is 36.1 Å². The van der Waals surface area contributed by atoms with Crippen molar-refractivity contribution in [1.29, 1.82) is 0 Å². The van der Waals surface area contributed by atoms with E-state index in [2.05, 4.69) is 6.92 Å². The number of carbonyl (C=O) groups is 2. The van der Waals surface area contributed by atoms with Crippen LogP contribution >= 0.6 is 0 Å². The molecule has 0 amide bonds. The van der Waals surface area contributed by atoms with Gasteiger partial charge in [-0.05, 0) is 61.0 Å². The van der Waals surface area contributed by atoms with Crippen molar-refractivity contribution in [1.82, 2.24) is 0 Å². The zero-order chi connectivity index (χ0) is 25.6. The fourth-order valence-corrected chi connectivity index (χ4v) is 7.24. The standard InChI is InChI=1S/C29H36O7/c1-27-14-13-24(31)28(2,17-30)22(27)12-15-29(18-35-29)23(27)10-9-20-21(16-34-26(20)33)36-25(32)11-8-19-6-4-3-5-7-19/h3-9,11,21-24,30-31H,10,12-18H2,1-2H3/b11-8+,20-9+/t21-,22+,23+,24-,27-,28+,29?/m1/s1. The van der Waals surface area contributed by atoms with Crippen molar-refractivity contribution < 1.29 is 34.0 Å². The Balaban J connectivity index is 1.34. The van der Waals surface area contributed by atoms with Gasteiger partial charge in [0.1, 0.15) is 6.61 Å². The largest absolute Gasteiger partial charge is 0.458 e. The summed E-state index contributed by atoms with van der Waals surface area (Å²) >= 11 is 0. The van der Waals surface area contributed by atoms with E-state index in [0.717, 1.165) is 24.8 Å². The first-order chi connectivity index (χ1) is 17.2. The number of hydrogen-bond acceptors (Lipinski definition) is 7. The summed E-state index contributed by atoms with van der Waals surface area (Å²) in [5.74, 6) is -0.719. The Kier molecular flexibility index (Phi) is 6.60. The molecule has 36 heavy (non-hydrogen) atoms. The van der Waals surface area contributed by atoms with Crippen LogP contribution in [0.4, 0.5) is 0 Å². The summed E-state index contributed by atoms with van der Waals surface area (Å²) in [7, 11) is 0. The Labute approximate surface area is 212 Å². The van der Waals surface area contributed by atoms with E-state index in [0.29, 0.717) is 25.0 Å². The molecule has 194 valence electrons. The molecular formula is C29H36O7. The molecule has 1 aromatic carbocycles. The number of hydrogen-bond donors (Lipinski definition) is 2. The van der Waals surface area contributed by atoms with Gasteiger partial charge < -0.3 is 24.4 Å². The van der Waals surface area contributed by atoms with Crippen LogP contribution in [0, 0.1) is 22.7 Å². The number of benzene rings is 1. The molecule has 1 aromatic rings. The lowest BCUT2D eigenvalue weighted by Crippen LogP contribution is -2.60. The van der Waals surface area contributed by atoms with Gasteiger partial charge in [0.05, 0.1) is 30.5 Å². The molecule has 7 atom stereocenters. The number of fused-ring (bicyclic) bond motifs is 1. The lowest BCUT2D eigenvalue weighted by atomic mass is 9.45. The Morgan fingerprint density at radius 3 is 2.64 bits per heavy atom. The second-order valence-electron chi connectivity index (χ2n) is 11.4. The molecule has 0 radical (unpaired) electrons. The maximum Gasteiger partial charge on any atom is 0.337 e. The van der Waals surface area contributed by atoms with Gasteiger partial charge in [-0.25, -0.2) is 9.59 Å². The van der Waals surface area contributed by atoms with Gasteiger partial charge in [0.25, 0.3) is 0 Å². The average Bonchev–Trinajstić information content (AvgIpc) is 3.57. The second kappa shape index (κ2) is 9.43. The lowest BCUT2D eigenvalue weighted by Gasteiger charge is -2.60. The zero-order valence-corrected chi connectivity index (χ0v) is 21.0. The SMILES string of the molecule is C[C@]1(CO)[C@H]2CCC3(CO3)[C@@H](C/C=C3/C(=O)OC[C@H]3OC(=O)/C=C/c3ccccc3)[C@]2(C)CC[C@H]1O. The summed E-state index contributed by atoms with van der Waals surface area (Å²) in [5, 5.41) is 21.0. The highest BCUT2D eigenvalue weighted by atomic mass is 16.6. The van der Waals surface area contributed by atoms with Crippen LogP contribution < -0.4 is 0 Å². The molecule has 1 unspecified atom stereocenters. The third kappa shape index (κ3) is 4.31. The Morgan fingerprint density at radius 1 is 1.19 bits per heavy atom. The molecule has 2 aliphatic heterocycles. The predicted molar refractivity (Wildman–Crippen MR) is 132 cm³/mol. The molecule has 0 bridgehead atoms. The predicted octanol–water partition coefficient (Wildman–Crippen LogP) is 3.44. The summed E-state index contributed by atoms with van der Waals surface area (Å²) in [6, 6.07) is 9.45. The van der Waals surface area contributed by atoms with Gasteiger partial charge in [0, 0.05) is 11.5 Å². The van der Waals surface area contributed by atoms with Crippen molar-refractivity contribution in [2.75, 3.05) is 19.8 Å². The van der Waals surface area contributed by atoms with Gasteiger partial charge in [-0.1, -0.05) is 50.3 Å². The lowest BCUT2D eigenvalue weighted by molar-refractivity contribution is -0.175. The summed E-state index contributed by atoms with van der Waals surface area (Å²) in [5.41, 5.74) is 0.304. The number of rotatable bonds is 6. The monoisotopic (exact) mass is 496 g/mol. The minimum atomic E-state index is -0.746. The van der Waals surface area contributed by atoms with Crippen LogP contribution in [0.1, 0.15) is 51.5 Å². The smallest absolute Gasteiger partial charge is 0.337 e. The third-order valence-corrected chi connectivity index (χ3v) is 9.44. The van der Waals surface area contributed by atoms with Crippen molar-refractivity contribution in [3.05, 3.63) is 53.6 Å². The number of cyclic esters (lactones) is 1. The Morgan fingerprint density at radius 2 is 1.94 bits per heavy atom. The molecule has 5 rings (SSSR count). The molecule has 1 spiro atoms. The maximum absolute atomic E-state index is 12.6. The summed E-state index contributed by atoms with van der Waals surface area (Å²) in [6.07, 6.45) is 7.44. The topological polar surface area (TPSA) is 106 Å². The van der Waals surface area contributed by atoms with E-state index in [1.165, 1.54) is 6.08 Å². The number of ether oxygens (including phenoxy) is 3. The van der Waals surface area contributed by atoms with E-state index in [1.807, 2.05) is 43.3 Å². The normalized spacial score (nSPS) is 40.9. The van der Waals surface area contributed by atoms with Crippen molar-refractivity contribution in [3.63, 3.8) is 0 Å². The quantitative estimate of drug-likeness (QED) is 0.353. The van der Waals surface area contributed by atoms with Gasteiger partial charge in [-0.15, -0.1) is 0 Å². The first kappa shape index (κ1) is 25.2. The van der Waals surface area contributed by atoms with Crippen LogP contribution in [0.15, 0.2) is 48.1 Å². The van der Waals surface area contributed by atoms with Gasteiger partial charge in [0.2, 0.25) is 0 Å². The Hall–Kier alpha value is -2.48. The minimum absolute atomic E-state index is 0.0105. The fraction of sp³-hybridized carbons (Fsp3) is 0.586. The summed E-state index contributed by atoms with van der Waals surface area (Å²) in [4.78, 5) is 25.0. The fourth-order valence-electron chi connectivity index (χ4n) is 7.24. The number of epoxide rings is 1. The summed E-state index contributed by atoms with van der Waals surface area (Å²) in [6.45, 7) is 4.89. The van der Waals surface area contributed by atoms with Gasteiger partial charge >= 0.3 is 11.9 Å². The maximum atomic E-state index is 12.6. The van der Waals surface area contributed by atoms with Crippen LogP contribution in [0.25, 0.3) is 6.08 Å². The number of aliphatic hydroxyl groups excluding tert-OH is 2. The number of carbonyl (C=O) groups excluding carboxylic acids is 2. The van der Waals surface area contributed by atoms with Crippen molar-refractivity contribution >= 4 is 18.0 Å². The van der Waals surface area contributed by atoms with E-state index in [9.17, 15) is 19.8 Å². The van der Waals surface area contributed by atoms with Crippen LogP contribution in [-0.4, -0.2) is 59.8 Å². The molecule has 2 N–H and O–H groups in total. The molecule has 4 fully saturated rings. The molecule has 7 nitrogen and oxygen atoms in total. The molecule has 2 saturated heterocycles. The van der Waals surface area contributed by atoms with E-state index < -0.39 is 29.6 Å². The van der Waals surface area contributed by atoms with Crippen molar-refractivity contribution in [2.24, 2.45) is 22.7 Å². The molecule has 7 heteroatoms. The molecule has 4 aliphatic rings. The molecular weight excluding hydrogens is 460 g/mol. The number of aliphatic hydroxyl groups is 2. The van der Waals surface area contributed by atoms with Gasteiger partial charge in [-0.3, -0.25) is 0 Å². The van der Waals surface area contributed by atoms with E-state index >= 15 is 0 Å². The number of allylic oxidation sites excluding steroid dienone is 1. The second-order valence-corrected chi connectivity index (χ2v) is 11.4. The van der Waals surface area contributed by atoms with Crippen LogP contribution in [0.5, 0.6) is 0 Å². The zero-order valence-electron chi connectivity index (χ0n) is 21.0. The van der Waals surface area contributed by atoms with Crippen molar-refractivity contribution in [2.45, 2.75) is 63.8 Å². The van der Waals surface area contributed by atoms with Crippen LogP contribution in [-0.2, 0) is 23.8 Å². The third-order valence-electron chi connectivity index (χ3n) is 9.44. The first-order valence-electron chi connectivity index (χ1n) is 13.0.